The van der Waals surface area contributed by atoms with Crippen LogP contribution in [0.5, 0.6) is 5.75 Å². The highest BCUT2D eigenvalue weighted by atomic mass is 16.5. The number of nitrogen functional groups attached to an aromatic ring is 1. The van der Waals surface area contributed by atoms with Crippen molar-refractivity contribution in [3.63, 3.8) is 0 Å². The maximum absolute atomic E-state index is 11.4. The highest BCUT2D eigenvalue weighted by molar-refractivity contribution is 5.89. The van der Waals surface area contributed by atoms with E-state index in [1.807, 2.05) is 37.3 Å². The topological polar surface area (TPSA) is 73.6 Å². The van der Waals surface area contributed by atoms with E-state index >= 15 is 0 Å². The van der Waals surface area contributed by atoms with Gasteiger partial charge in [-0.25, -0.2) is 4.79 Å². The molecule has 0 saturated heterocycles. The van der Waals surface area contributed by atoms with Gasteiger partial charge in [-0.2, -0.15) is 0 Å². The smallest absolute Gasteiger partial charge is 0.411 e. The molecule has 0 bridgehead atoms. The van der Waals surface area contributed by atoms with Gasteiger partial charge in [-0.3, -0.25) is 5.32 Å². The van der Waals surface area contributed by atoms with Crippen LogP contribution in [0.15, 0.2) is 36.4 Å². The SMILES string of the molecule is COC(=O)Nc1cccc(-c2cccc(N)c2OC)c1C. The molecule has 21 heavy (non-hydrogen) atoms. The Morgan fingerprint density at radius 3 is 2.43 bits per heavy atom. The van der Waals surface area contributed by atoms with Crippen molar-refractivity contribution in [2.45, 2.75) is 6.92 Å². The fourth-order valence-electron chi connectivity index (χ4n) is 2.22. The third-order valence-corrected chi connectivity index (χ3v) is 3.30. The number of hydrogen-bond acceptors (Lipinski definition) is 4. The molecule has 2 rings (SSSR count). The average molecular weight is 286 g/mol. The third-order valence-electron chi connectivity index (χ3n) is 3.30. The predicted molar refractivity (Wildman–Crippen MR) is 83.6 cm³/mol. The molecule has 0 aliphatic carbocycles. The first-order chi connectivity index (χ1) is 10.1. The van der Waals surface area contributed by atoms with Crippen LogP contribution in [0.2, 0.25) is 0 Å². The van der Waals surface area contributed by atoms with Gasteiger partial charge in [-0.1, -0.05) is 24.3 Å². The lowest BCUT2D eigenvalue weighted by molar-refractivity contribution is 0.187. The van der Waals surface area contributed by atoms with Crippen molar-refractivity contribution in [3.05, 3.63) is 42.0 Å². The number of benzene rings is 2. The van der Waals surface area contributed by atoms with Gasteiger partial charge in [0.15, 0.2) is 0 Å². The normalized spacial score (nSPS) is 10.0. The van der Waals surface area contributed by atoms with Crippen LogP contribution in [0.1, 0.15) is 5.56 Å². The summed E-state index contributed by atoms with van der Waals surface area (Å²) in [4.78, 5) is 11.4. The fraction of sp³-hybridized carbons (Fsp3) is 0.188. The molecule has 0 saturated carbocycles. The molecule has 0 heterocycles. The van der Waals surface area contributed by atoms with E-state index in [9.17, 15) is 4.79 Å². The Morgan fingerprint density at radius 1 is 1.10 bits per heavy atom. The predicted octanol–water partition coefficient (Wildman–Crippen LogP) is 3.43. The number of ether oxygens (including phenoxy) is 2. The Hall–Kier alpha value is -2.69. The molecule has 0 spiro atoms. The monoisotopic (exact) mass is 286 g/mol. The van der Waals surface area contributed by atoms with E-state index in [1.165, 1.54) is 7.11 Å². The van der Waals surface area contributed by atoms with Crippen molar-refractivity contribution in [2.75, 3.05) is 25.3 Å². The largest absolute Gasteiger partial charge is 0.494 e. The van der Waals surface area contributed by atoms with E-state index in [2.05, 4.69) is 10.1 Å². The number of anilines is 2. The summed E-state index contributed by atoms with van der Waals surface area (Å²) in [7, 11) is 2.91. The summed E-state index contributed by atoms with van der Waals surface area (Å²) in [6.07, 6.45) is -0.505. The molecule has 3 N–H and O–H groups in total. The highest BCUT2D eigenvalue weighted by Crippen LogP contribution is 2.38. The maximum atomic E-state index is 11.4. The van der Waals surface area contributed by atoms with E-state index in [0.29, 0.717) is 17.1 Å². The van der Waals surface area contributed by atoms with Crippen molar-refractivity contribution in [1.82, 2.24) is 0 Å². The van der Waals surface area contributed by atoms with Gasteiger partial charge < -0.3 is 15.2 Å². The lowest BCUT2D eigenvalue weighted by Gasteiger charge is -2.15. The number of para-hydroxylation sites is 1. The lowest BCUT2D eigenvalue weighted by atomic mass is 9.97. The van der Waals surface area contributed by atoms with E-state index in [0.717, 1.165) is 16.7 Å². The molecule has 0 aliphatic rings. The first-order valence-corrected chi connectivity index (χ1v) is 6.46. The molecule has 2 aromatic rings. The molecule has 0 atom stereocenters. The Labute approximate surface area is 123 Å². The molecule has 5 heteroatoms. The summed E-state index contributed by atoms with van der Waals surface area (Å²) in [5, 5.41) is 2.69. The molecule has 0 aromatic heterocycles. The summed E-state index contributed by atoms with van der Waals surface area (Å²) < 4.78 is 10.0. The van der Waals surface area contributed by atoms with Crippen molar-refractivity contribution < 1.29 is 14.3 Å². The Balaban J connectivity index is 2.53. The summed E-state index contributed by atoms with van der Waals surface area (Å²) in [5.74, 6) is 0.621. The van der Waals surface area contributed by atoms with Crippen LogP contribution in [-0.4, -0.2) is 20.3 Å². The van der Waals surface area contributed by atoms with Crippen molar-refractivity contribution in [1.29, 1.82) is 0 Å². The zero-order valence-electron chi connectivity index (χ0n) is 12.3. The van der Waals surface area contributed by atoms with Crippen molar-refractivity contribution in [3.8, 4) is 16.9 Å². The van der Waals surface area contributed by atoms with E-state index < -0.39 is 6.09 Å². The second-order valence-electron chi connectivity index (χ2n) is 4.52. The van der Waals surface area contributed by atoms with Crippen LogP contribution in [0.25, 0.3) is 11.1 Å². The number of nitrogens with two attached hydrogens (primary N) is 1. The van der Waals surface area contributed by atoms with E-state index in [-0.39, 0.29) is 0 Å². The quantitative estimate of drug-likeness (QED) is 0.848. The number of methoxy groups -OCH3 is 2. The van der Waals surface area contributed by atoms with Crippen LogP contribution in [0.3, 0.4) is 0 Å². The zero-order valence-corrected chi connectivity index (χ0v) is 12.3. The van der Waals surface area contributed by atoms with Crippen LogP contribution >= 0.6 is 0 Å². The van der Waals surface area contributed by atoms with Crippen molar-refractivity contribution in [2.24, 2.45) is 0 Å². The van der Waals surface area contributed by atoms with Gasteiger partial charge in [-0.05, 0) is 30.2 Å². The lowest BCUT2D eigenvalue weighted by Crippen LogP contribution is -2.12. The Kier molecular flexibility index (Phi) is 4.33. The number of carbonyl (C=O) groups is 1. The highest BCUT2D eigenvalue weighted by Gasteiger charge is 2.13. The molecular formula is C16H18N2O3. The summed E-state index contributed by atoms with van der Waals surface area (Å²) in [6, 6.07) is 11.2. The summed E-state index contributed by atoms with van der Waals surface area (Å²) >= 11 is 0. The molecular weight excluding hydrogens is 268 g/mol. The molecule has 110 valence electrons. The number of hydrogen-bond donors (Lipinski definition) is 2. The molecule has 0 fully saturated rings. The molecule has 2 aromatic carbocycles. The van der Waals surface area contributed by atoms with Crippen LogP contribution in [0, 0.1) is 6.92 Å². The van der Waals surface area contributed by atoms with Gasteiger partial charge in [-0.15, -0.1) is 0 Å². The second kappa shape index (κ2) is 6.17. The summed E-state index contributed by atoms with van der Waals surface area (Å²) in [6.45, 7) is 1.92. The Morgan fingerprint density at radius 2 is 1.76 bits per heavy atom. The second-order valence-corrected chi connectivity index (χ2v) is 4.52. The standard InChI is InChI=1S/C16H18N2O3/c1-10-11(6-5-9-14(10)18-16(19)21-3)12-7-4-8-13(17)15(12)20-2/h4-9H,17H2,1-3H3,(H,18,19). The van der Waals surface area contributed by atoms with Crippen molar-refractivity contribution >= 4 is 17.5 Å². The molecule has 0 aliphatic heterocycles. The maximum Gasteiger partial charge on any atom is 0.411 e. The minimum absolute atomic E-state index is 0.505. The van der Waals surface area contributed by atoms with Crippen LogP contribution < -0.4 is 15.8 Å². The van der Waals surface area contributed by atoms with Gasteiger partial charge in [0.2, 0.25) is 0 Å². The van der Waals surface area contributed by atoms with Gasteiger partial charge in [0, 0.05) is 11.3 Å². The number of carbonyl (C=O) groups excluding carboxylic acids is 1. The van der Waals surface area contributed by atoms with Gasteiger partial charge in [0.25, 0.3) is 0 Å². The molecule has 1 amide bonds. The van der Waals surface area contributed by atoms with E-state index in [1.54, 1.807) is 13.2 Å². The first-order valence-electron chi connectivity index (χ1n) is 6.46. The molecule has 0 unspecified atom stereocenters. The fourth-order valence-corrected chi connectivity index (χ4v) is 2.22. The number of amides is 1. The van der Waals surface area contributed by atoms with Gasteiger partial charge in [0.1, 0.15) is 5.75 Å². The van der Waals surface area contributed by atoms with E-state index in [4.69, 9.17) is 10.5 Å². The number of nitrogens with one attached hydrogen (secondary N) is 1. The van der Waals surface area contributed by atoms with Crippen LogP contribution in [0.4, 0.5) is 16.2 Å². The average Bonchev–Trinajstić information content (AvgIpc) is 2.49. The molecule has 0 radical (unpaired) electrons. The minimum Gasteiger partial charge on any atom is -0.494 e. The minimum atomic E-state index is -0.505. The van der Waals surface area contributed by atoms with Crippen LogP contribution in [-0.2, 0) is 4.74 Å². The number of rotatable bonds is 3. The Bertz CT molecular complexity index is 669. The summed E-state index contributed by atoms with van der Waals surface area (Å²) in [5.41, 5.74) is 9.92. The first kappa shape index (κ1) is 14.7. The van der Waals surface area contributed by atoms with Gasteiger partial charge >= 0.3 is 6.09 Å². The molecule has 5 nitrogen and oxygen atoms in total. The third kappa shape index (κ3) is 2.91. The zero-order chi connectivity index (χ0) is 15.4. The van der Waals surface area contributed by atoms with Gasteiger partial charge in [0.05, 0.1) is 19.9 Å².